The Bertz CT molecular complexity index is 1280. The molecule has 0 bridgehead atoms. The minimum absolute atomic E-state index is 0.169. The van der Waals surface area contributed by atoms with E-state index in [0.29, 0.717) is 24.2 Å². The van der Waals surface area contributed by atoms with E-state index in [9.17, 15) is 4.79 Å². The first-order chi connectivity index (χ1) is 13.5. The molecule has 8 nitrogen and oxygen atoms in total. The fourth-order valence-corrected chi connectivity index (χ4v) is 4.25. The topological polar surface area (TPSA) is 115 Å². The van der Waals surface area contributed by atoms with Gasteiger partial charge in [-0.05, 0) is 24.6 Å². The smallest absolute Gasteiger partial charge is 0.291 e. The Labute approximate surface area is 164 Å². The highest BCUT2D eigenvalue weighted by molar-refractivity contribution is 7.19. The number of hydrogen-bond acceptors (Lipinski definition) is 7. The van der Waals surface area contributed by atoms with Crippen molar-refractivity contribution in [3.05, 3.63) is 62.9 Å². The van der Waals surface area contributed by atoms with Gasteiger partial charge < -0.3 is 15.7 Å². The van der Waals surface area contributed by atoms with E-state index in [1.807, 2.05) is 30.7 Å². The predicted octanol–water partition coefficient (Wildman–Crippen LogP) is 2.13. The molecular formula is C19H19N7OS. The first-order valence-corrected chi connectivity index (χ1v) is 9.50. The molecule has 142 valence electrons. The summed E-state index contributed by atoms with van der Waals surface area (Å²) in [5.41, 5.74) is 9.45. The van der Waals surface area contributed by atoms with Crippen LogP contribution in [0.4, 0.5) is 0 Å². The molecule has 0 aliphatic heterocycles. The minimum Gasteiger partial charge on any atom is -0.402 e. The molecule has 4 rings (SSSR count). The molecule has 0 fully saturated rings. The van der Waals surface area contributed by atoms with Crippen molar-refractivity contribution in [2.24, 2.45) is 12.8 Å². The Kier molecular flexibility index (Phi) is 4.52. The Morgan fingerprint density at radius 2 is 2.18 bits per heavy atom. The predicted molar refractivity (Wildman–Crippen MR) is 111 cm³/mol. The first-order valence-electron chi connectivity index (χ1n) is 8.68. The standard InChI is InChI=1S/C19H19N7OS/c1-11-3-4-13(22-8-11)10-26-19(27)16-14(9-23-26)17-18(25(16)2)24-15(28-17)7-12(21)5-6-20/h3-6,8-9,20H,7,10,21H2,1-2H3. The van der Waals surface area contributed by atoms with Gasteiger partial charge in [0.15, 0.2) is 5.65 Å². The third kappa shape index (κ3) is 3.09. The SMILES string of the molecule is Cc1ccc(Cn2ncc3c4sc(CC(N)=CC=N)nc4n(C)c3c2=O)nc1. The van der Waals surface area contributed by atoms with Gasteiger partial charge in [-0.2, -0.15) is 5.10 Å². The summed E-state index contributed by atoms with van der Waals surface area (Å²) in [5.74, 6) is 0. The normalized spacial score (nSPS) is 12.1. The number of nitrogens with two attached hydrogens (primary N) is 1. The average Bonchev–Trinajstić information content (AvgIpc) is 3.18. The zero-order valence-electron chi connectivity index (χ0n) is 15.5. The van der Waals surface area contributed by atoms with Crippen LogP contribution in [0.5, 0.6) is 0 Å². The Balaban J connectivity index is 1.77. The fourth-order valence-electron chi connectivity index (χ4n) is 3.11. The lowest BCUT2D eigenvalue weighted by Gasteiger charge is -2.05. The van der Waals surface area contributed by atoms with Crippen LogP contribution in [0, 0.1) is 12.3 Å². The maximum absolute atomic E-state index is 13.0. The number of nitrogens with one attached hydrogen (secondary N) is 1. The highest BCUT2D eigenvalue weighted by Crippen LogP contribution is 2.31. The lowest BCUT2D eigenvalue weighted by molar-refractivity contribution is 0.632. The molecule has 0 saturated heterocycles. The van der Waals surface area contributed by atoms with Crippen molar-refractivity contribution in [2.45, 2.75) is 19.9 Å². The summed E-state index contributed by atoms with van der Waals surface area (Å²) >= 11 is 1.49. The van der Waals surface area contributed by atoms with E-state index in [0.717, 1.165) is 38.2 Å². The molecule has 0 atom stereocenters. The summed E-state index contributed by atoms with van der Waals surface area (Å²) in [4.78, 5) is 22.0. The van der Waals surface area contributed by atoms with Crippen LogP contribution < -0.4 is 11.3 Å². The Morgan fingerprint density at radius 3 is 2.89 bits per heavy atom. The number of thiazole rings is 1. The van der Waals surface area contributed by atoms with Gasteiger partial charge in [0.05, 0.1) is 23.1 Å². The van der Waals surface area contributed by atoms with Crippen LogP contribution in [-0.2, 0) is 20.0 Å². The molecule has 0 amide bonds. The molecule has 0 unspecified atom stereocenters. The van der Waals surface area contributed by atoms with Crippen LogP contribution in [0.2, 0.25) is 0 Å². The van der Waals surface area contributed by atoms with E-state index in [1.54, 1.807) is 18.5 Å². The van der Waals surface area contributed by atoms with E-state index in [2.05, 4.69) is 15.1 Å². The molecule has 0 aromatic carbocycles. The second-order valence-electron chi connectivity index (χ2n) is 6.60. The van der Waals surface area contributed by atoms with Crippen LogP contribution in [0.25, 0.3) is 21.3 Å². The number of hydrogen-bond donors (Lipinski definition) is 2. The molecule has 0 aliphatic carbocycles. The summed E-state index contributed by atoms with van der Waals surface area (Å²) in [5, 5.41) is 13.1. The number of allylic oxidation sites excluding steroid dienone is 2. The number of aromatic nitrogens is 5. The molecule has 0 radical (unpaired) electrons. The van der Waals surface area contributed by atoms with Crippen molar-refractivity contribution in [3.8, 4) is 0 Å². The van der Waals surface area contributed by atoms with Gasteiger partial charge in [0.25, 0.3) is 5.56 Å². The average molecular weight is 393 g/mol. The van der Waals surface area contributed by atoms with Gasteiger partial charge in [0.2, 0.25) is 0 Å². The highest BCUT2D eigenvalue weighted by atomic mass is 32.1. The molecule has 0 saturated carbocycles. The van der Waals surface area contributed by atoms with Crippen molar-refractivity contribution in [1.29, 1.82) is 5.41 Å². The monoisotopic (exact) mass is 393 g/mol. The van der Waals surface area contributed by atoms with Crippen molar-refractivity contribution in [3.63, 3.8) is 0 Å². The van der Waals surface area contributed by atoms with Crippen LogP contribution in [0.15, 0.2) is 41.1 Å². The number of aryl methyl sites for hydroxylation is 2. The second-order valence-corrected chi connectivity index (χ2v) is 7.68. The molecule has 4 heterocycles. The third-order valence-corrected chi connectivity index (χ3v) is 5.58. The summed E-state index contributed by atoms with van der Waals surface area (Å²) < 4.78 is 4.15. The lowest BCUT2D eigenvalue weighted by Crippen LogP contribution is -2.24. The third-order valence-electron chi connectivity index (χ3n) is 4.51. The molecule has 4 aromatic heterocycles. The second kappa shape index (κ2) is 7.01. The van der Waals surface area contributed by atoms with Crippen molar-refractivity contribution < 1.29 is 0 Å². The van der Waals surface area contributed by atoms with Gasteiger partial charge in [0, 0.05) is 37.0 Å². The van der Waals surface area contributed by atoms with E-state index < -0.39 is 0 Å². The zero-order valence-corrected chi connectivity index (χ0v) is 16.3. The molecule has 3 N–H and O–H groups in total. The van der Waals surface area contributed by atoms with E-state index in [4.69, 9.17) is 11.1 Å². The molecule has 9 heteroatoms. The molecular weight excluding hydrogens is 374 g/mol. The number of nitrogens with zero attached hydrogens (tertiary/aromatic N) is 5. The van der Waals surface area contributed by atoms with Gasteiger partial charge in [-0.3, -0.25) is 9.78 Å². The highest BCUT2D eigenvalue weighted by Gasteiger charge is 2.18. The van der Waals surface area contributed by atoms with Crippen LogP contribution in [0.1, 0.15) is 16.3 Å². The van der Waals surface area contributed by atoms with Crippen molar-refractivity contribution in [1.82, 2.24) is 24.3 Å². The number of pyridine rings is 1. The van der Waals surface area contributed by atoms with Gasteiger partial charge in [-0.1, -0.05) is 6.07 Å². The summed E-state index contributed by atoms with van der Waals surface area (Å²) in [7, 11) is 1.83. The maximum atomic E-state index is 13.0. The van der Waals surface area contributed by atoms with E-state index in [1.165, 1.54) is 16.0 Å². The van der Waals surface area contributed by atoms with Crippen molar-refractivity contribution >= 4 is 38.8 Å². The number of rotatable bonds is 5. The minimum atomic E-state index is -0.169. The lowest BCUT2D eigenvalue weighted by atomic mass is 10.3. The molecule has 0 spiro atoms. The van der Waals surface area contributed by atoms with Gasteiger partial charge >= 0.3 is 0 Å². The summed E-state index contributed by atoms with van der Waals surface area (Å²) in [6.45, 7) is 2.29. The van der Waals surface area contributed by atoms with Crippen LogP contribution >= 0.6 is 11.3 Å². The Hall–Kier alpha value is -3.33. The Morgan fingerprint density at radius 1 is 1.36 bits per heavy atom. The molecule has 0 aliphatic rings. The fraction of sp³-hybridized carbons (Fsp3) is 0.211. The zero-order chi connectivity index (χ0) is 19.8. The van der Waals surface area contributed by atoms with Crippen molar-refractivity contribution in [2.75, 3.05) is 0 Å². The largest absolute Gasteiger partial charge is 0.402 e. The van der Waals surface area contributed by atoms with Crippen LogP contribution in [0.3, 0.4) is 0 Å². The first kappa shape index (κ1) is 18.1. The maximum Gasteiger partial charge on any atom is 0.291 e. The van der Waals surface area contributed by atoms with E-state index >= 15 is 0 Å². The van der Waals surface area contributed by atoms with Crippen LogP contribution in [-0.4, -0.2) is 30.5 Å². The molecule has 4 aromatic rings. The van der Waals surface area contributed by atoms with Gasteiger partial charge in [0.1, 0.15) is 10.5 Å². The summed E-state index contributed by atoms with van der Waals surface area (Å²) in [6, 6.07) is 3.87. The summed E-state index contributed by atoms with van der Waals surface area (Å²) in [6.07, 6.45) is 6.67. The van der Waals surface area contributed by atoms with E-state index in [-0.39, 0.29) is 5.56 Å². The van der Waals surface area contributed by atoms with Gasteiger partial charge in [-0.25, -0.2) is 9.67 Å². The molecule has 28 heavy (non-hydrogen) atoms. The quantitative estimate of drug-likeness (QED) is 0.504. The number of fused-ring (bicyclic) bond motifs is 3. The van der Waals surface area contributed by atoms with Gasteiger partial charge in [-0.15, -0.1) is 11.3 Å².